The molecule has 31 heavy (non-hydrogen) atoms. The van der Waals surface area contributed by atoms with Gasteiger partial charge in [-0.15, -0.1) is 11.3 Å². The molecule has 2 aromatic carbocycles. The van der Waals surface area contributed by atoms with Gasteiger partial charge in [0.1, 0.15) is 0 Å². The van der Waals surface area contributed by atoms with Crippen LogP contribution in [0.5, 0.6) is 11.5 Å². The summed E-state index contributed by atoms with van der Waals surface area (Å²) in [6.07, 6.45) is 0. The number of amides is 1. The molecule has 0 saturated heterocycles. The number of anilines is 1. The van der Waals surface area contributed by atoms with E-state index in [4.69, 9.17) is 9.47 Å². The van der Waals surface area contributed by atoms with Crippen LogP contribution in [0.25, 0.3) is 11.3 Å². The Morgan fingerprint density at radius 3 is 2.77 bits per heavy atom. The number of nitrogens with one attached hydrogen (secondary N) is 1. The molecule has 1 N–H and O–H groups in total. The number of hydrogen-bond donors (Lipinski definition) is 1. The second-order valence-corrected chi connectivity index (χ2v) is 8.11. The summed E-state index contributed by atoms with van der Waals surface area (Å²) in [7, 11) is 0. The number of aryl methyl sites for hydroxylation is 1. The quantitative estimate of drug-likeness (QED) is 0.497. The first-order valence-electron chi connectivity index (χ1n) is 9.83. The first-order chi connectivity index (χ1) is 15.1. The van der Waals surface area contributed by atoms with Crippen molar-refractivity contribution in [3.05, 3.63) is 76.4 Å². The molecule has 156 valence electrons. The normalized spacial score (nSPS) is 12.2. The molecular formula is C23H20N4O3S. The summed E-state index contributed by atoms with van der Waals surface area (Å²) in [6, 6.07) is 15.7. The van der Waals surface area contributed by atoms with Crippen molar-refractivity contribution in [2.24, 2.45) is 0 Å². The Bertz CT molecular complexity index is 1260. The van der Waals surface area contributed by atoms with E-state index in [2.05, 4.69) is 15.4 Å². The van der Waals surface area contributed by atoms with Crippen LogP contribution in [0, 0.1) is 13.8 Å². The average Bonchev–Trinajstić information content (AvgIpc) is 3.48. The topological polar surface area (TPSA) is 78.3 Å². The molecule has 1 aliphatic heterocycles. The van der Waals surface area contributed by atoms with Gasteiger partial charge >= 0.3 is 0 Å². The molecule has 3 heterocycles. The summed E-state index contributed by atoms with van der Waals surface area (Å²) in [5.41, 5.74) is 4.91. The highest BCUT2D eigenvalue weighted by atomic mass is 32.1. The van der Waals surface area contributed by atoms with Crippen molar-refractivity contribution in [1.82, 2.24) is 14.8 Å². The van der Waals surface area contributed by atoms with Crippen LogP contribution in [0.1, 0.15) is 27.3 Å². The Balaban J connectivity index is 1.34. The van der Waals surface area contributed by atoms with Crippen LogP contribution in [0.2, 0.25) is 0 Å². The summed E-state index contributed by atoms with van der Waals surface area (Å²) in [4.78, 5) is 17.6. The predicted octanol–water partition coefficient (Wildman–Crippen LogP) is 4.65. The standard InChI is InChI=1S/C23H20N4O3S/c1-14-21(15(2)27(26-14)11-16-6-4-3-5-7-16)22(28)25-23-24-18(12-31-23)17-8-9-19-20(10-17)30-13-29-19/h3-10,12H,11,13H2,1-2H3,(H,24,25,28). The lowest BCUT2D eigenvalue weighted by atomic mass is 10.1. The van der Waals surface area contributed by atoms with Gasteiger partial charge in [-0.3, -0.25) is 14.8 Å². The maximum Gasteiger partial charge on any atom is 0.261 e. The monoisotopic (exact) mass is 432 g/mol. The zero-order valence-corrected chi connectivity index (χ0v) is 17.9. The number of thiazole rings is 1. The Hall–Kier alpha value is -3.65. The van der Waals surface area contributed by atoms with Crippen molar-refractivity contribution in [1.29, 1.82) is 0 Å². The average molecular weight is 433 g/mol. The fourth-order valence-corrected chi connectivity index (χ4v) is 4.33. The van der Waals surface area contributed by atoms with Crippen LogP contribution in [0.4, 0.5) is 5.13 Å². The van der Waals surface area contributed by atoms with Crippen LogP contribution < -0.4 is 14.8 Å². The van der Waals surface area contributed by atoms with E-state index in [1.807, 2.05) is 72.4 Å². The molecule has 2 aromatic heterocycles. The summed E-state index contributed by atoms with van der Waals surface area (Å²) >= 11 is 1.38. The van der Waals surface area contributed by atoms with E-state index in [0.717, 1.165) is 28.3 Å². The SMILES string of the molecule is Cc1nn(Cc2ccccc2)c(C)c1C(=O)Nc1nc(-c2ccc3c(c2)OCO3)cs1. The molecule has 0 spiro atoms. The lowest BCUT2D eigenvalue weighted by Gasteiger charge is -2.06. The van der Waals surface area contributed by atoms with Crippen molar-refractivity contribution in [3.63, 3.8) is 0 Å². The number of ether oxygens (including phenoxy) is 2. The zero-order valence-electron chi connectivity index (χ0n) is 17.1. The van der Waals surface area contributed by atoms with Gasteiger partial charge in [0.05, 0.1) is 23.5 Å². The van der Waals surface area contributed by atoms with Crippen LogP contribution in [0.3, 0.4) is 0 Å². The highest BCUT2D eigenvalue weighted by Gasteiger charge is 2.20. The number of fused-ring (bicyclic) bond motifs is 1. The maximum atomic E-state index is 13.0. The zero-order chi connectivity index (χ0) is 21.4. The van der Waals surface area contributed by atoms with Gasteiger partial charge in [0.2, 0.25) is 6.79 Å². The fourth-order valence-electron chi connectivity index (χ4n) is 3.62. The minimum absolute atomic E-state index is 0.208. The Labute approximate surface area is 183 Å². The smallest absolute Gasteiger partial charge is 0.261 e. The van der Waals surface area contributed by atoms with Gasteiger partial charge in [-0.1, -0.05) is 30.3 Å². The van der Waals surface area contributed by atoms with Gasteiger partial charge < -0.3 is 9.47 Å². The largest absolute Gasteiger partial charge is 0.454 e. The van der Waals surface area contributed by atoms with Crippen LogP contribution in [-0.2, 0) is 6.54 Å². The number of benzene rings is 2. The molecule has 0 bridgehead atoms. The van der Waals surface area contributed by atoms with Gasteiger partial charge in [-0.2, -0.15) is 5.10 Å². The molecule has 1 amide bonds. The third-order valence-electron chi connectivity index (χ3n) is 5.18. The first kappa shape index (κ1) is 19.3. The Kier molecular flexibility index (Phi) is 4.91. The fraction of sp³-hybridized carbons (Fsp3) is 0.174. The summed E-state index contributed by atoms with van der Waals surface area (Å²) in [5.74, 6) is 1.22. The molecule has 1 aliphatic rings. The lowest BCUT2D eigenvalue weighted by molar-refractivity contribution is 0.102. The van der Waals surface area contributed by atoms with E-state index >= 15 is 0 Å². The minimum atomic E-state index is -0.208. The molecule has 0 atom stereocenters. The number of rotatable bonds is 5. The van der Waals surface area contributed by atoms with Crippen molar-refractivity contribution in [3.8, 4) is 22.8 Å². The number of carbonyl (C=O) groups excluding carboxylic acids is 1. The van der Waals surface area contributed by atoms with Gasteiger partial charge in [0.15, 0.2) is 16.6 Å². The van der Waals surface area contributed by atoms with Crippen molar-refractivity contribution >= 4 is 22.4 Å². The van der Waals surface area contributed by atoms with Crippen molar-refractivity contribution < 1.29 is 14.3 Å². The van der Waals surface area contributed by atoms with E-state index in [1.165, 1.54) is 11.3 Å². The van der Waals surface area contributed by atoms with Gasteiger partial charge in [-0.25, -0.2) is 4.98 Å². The van der Waals surface area contributed by atoms with Gasteiger partial charge in [-0.05, 0) is 37.6 Å². The molecule has 0 unspecified atom stereocenters. The second kappa shape index (κ2) is 7.88. The highest BCUT2D eigenvalue weighted by Crippen LogP contribution is 2.36. The van der Waals surface area contributed by atoms with Crippen molar-refractivity contribution in [2.75, 3.05) is 12.1 Å². The number of aromatic nitrogens is 3. The third kappa shape index (κ3) is 3.77. The third-order valence-corrected chi connectivity index (χ3v) is 5.93. The molecule has 4 aromatic rings. The van der Waals surface area contributed by atoms with E-state index in [1.54, 1.807) is 0 Å². The van der Waals surface area contributed by atoms with E-state index in [-0.39, 0.29) is 12.7 Å². The van der Waals surface area contributed by atoms with Gasteiger partial charge in [0.25, 0.3) is 5.91 Å². The molecule has 0 aliphatic carbocycles. The van der Waals surface area contributed by atoms with E-state index in [0.29, 0.717) is 28.7 Å². The first-order valence-corrected chi connectivity index (χ1v) is 10.7. The number of carbonyl (C=O) groups is 1. The molecular weight excluding hydrogens is 412 g/mol. The Morgan fingerprint density at radius 1 is 1.13 bits per heavy atom. The summed E-state index contributed by atoms with van der Waals surface area (Å²) in [6.45, 7) is 4.61. The van der Waals surface area contributed by atoms with E-state index in [9.17, 15) is 4.79 Å². The lowest BCUT2D eigenvalue weighted by Crippen LogP contribution is -2.14. The van der Waals surface area contributed by atoms with Crippen LogP contribution in [-0.4, -0.2) is 27.5 Å². The highest BCUT2D eigenvalue weighted by molar-refractivity contribution is 7.14. The summed E-state index contributed by atoms with van der Waals surface area (Å²) < 4.78 is 12.6. The number of hydrogen-bond acceptors (Lipinski definition) is 6. The van der Waals surface area contributed by atoms with Gasteiger partial charge in [0, 0.05) is 16.6 Å². The molecule has 0 fully saturated rings. The molecule has 5 rings (SSSR count). The second-order valence-electron chi connectivity index (χ2n) is 7.25. The van der Waals surface area contributed by atoms with Crippen LogP contribution in [0.15, 0.2) is 53.9 Å². The molecule has 7 nitrogen and oxygen atoms in total. The van der Waals surface area contributed by atoms with Crippen LogP contribution >= 0.6 is 11.3 Å². The maximum absolute atomic E-state index is 13.0. The van der Waals surface area contributed by atoms with Crippen molar-refractivity contribution in [2.45, 2.75) is 20.4 Å². The van der Waals surface area contributed by atoms with E-state index < -0.39 is 0 Å². The molecule has 0 saturated carbocycles. The number of nitrogens with zero attached hydrogens (tertiary/aromatic N) is 3. The Morgan fingerprint density at radius 2 is 1.94 bits per heavy atom. The minimum Gasteiger partial charge on any atom is -0.454 e. The predicted molar refractivity (Wildman–Crippen MR) is 119 cm³/mol. The molecule has 0 radical (unpaired) electrons. The molecule has 8 heteroatoms. The summed E-state index contributed by atoms with van der Waals surface area (Å²) in [5, 5.41) is 9.93.